The third kappa shape index (κ3) is 5.30. The molecule has 6 nitrogen and oxygen atoms in total. The van der Waals surface area contributed by atoms with Crippen LogP contribution in [0.4, 0.5) is 33.3 Å². The van der Waals surface area contributed by atoms with Crippen molar-refractivity contribution in [2.24, 2.45) is 0 Å². The minimum absolute atomic E-state index is 0.0175. The molecule has 0 saturated carbocycles. The van der Waals surface area contributed by atoms with Gasteiger partial charge in [-0.25, -0.2) is 8.78 Å². The second kappa shape index (κ2) is 10.2. The van der Waals surface area contributed by atoms with Crippen molar-refractivity contribution >= 4 is 34.8 Å². The Kier molecular flexibility index (Phi) is 7.35. The smallest absolute Gasteiger partial charge is 0.417 e. The first-order chi connectivity index (χ1) is 17.8. The second-order valence-electron chi connectivity index (χ2n) is 8.49. The molecular weight excluding hydrogens is 535 g/mol. The van der Waals surface area contributed by atoms with Crippen LogP contribution in [-0.2, 0) is 6.18 Å². The molecule has 0 aromatic heterocycles. The SMILES string of the molecule is COc1cc(C(=O)N2CCC(F)(F)C(O)c3cc(Cl)ccc32)ccc1NC(=O)c1ccccc1C(F)(F)F. The average Bonchev–Trinajstić information content (AvgIpc) is 2.97. The number of nitrogens with zero attached hydrogens (tertiary/aromatic N) is 1. The number of carbonyl (C=O) groups is 2. The number of halogens is 6. The maximum absolute atomic E-state index is 14.5. The summed E-state index contributed by atoms with van der Waals surface area (Å²) >= 11 is 5.94. The van der Waals surface area contributed by atoms with E-state index in [1.807, 2.05) is 0 Å². The molecule has 200 valence electrons. The number of nitrogens with one attached hydrogen (secondary N) is 1. The molecule has 1 atom stereocenters. The molecule has 0 saturated heterocycles. The van der Waals surface area contributed by atoms with E-state index in [-0.39, 0.29) is 33.3 Å². The van der Waals surface area contributed by atoms with Crippen LogP contribution in [-0.4, -0.2) is 36.5 Å². The fourth-order valence-corrected chi connectivity index (χ4v) is 4.33. The van der Waals surface area contributed by atoms with Gasteiger partial charge < -0.3 is 20.1 Å². The van der Waals surface area contributed by atoms with Crippen molar-refractivity contribution in [3.8, 4) is 5.75 Å². The zero-order valence-electron chi connectivity index (χ0n) is 19.7. The van der Waals surface area contributed by atoms with Crippen LogP contribution in [0.3, 0.4) is 0 Å². The van der Waals surface area contributed by atoms with Gasteiger partial charge in [-0.1, -0.05) is 23.7 Å². The highest BCUT2D eigenvalue weighted by Crippen LogP contribution is 2.43. The zero-order valence-corrected chi connectivity index (χ0v) is 20.4. The van der Waals surface area contributed by atoms with Crippen LogP contribution in [0.2, 0.25) is 5.02 Å². The van der Waals surface area contributed by atoms with E-state index in [9.17, 15) is 36.6 Å². The Morgan fingerprint density at radius 2 is 1.82 bits per heavy atom. The second-order valence-corrected chi connectivity index (χ2v) is 8.92. The Balaban J connectivity index is 1.65. The third-order valence-corrected chi connectivity index (χ3v) is 6.30. The maximum Gasteiger partial charge on any atom is 0.417 e. The summed E-state index contributed by atoms with van der Waals surface area (Å²) in [5, 5.41) is 12.7. The van der Waals surface area contributed by atoms with Crippen molar-refractivity contribution in [2.45, 2.75) is 24.6 Å². The van der Waals surface area contributed by atoms with Crippen LogP contribution < -0.4 is 15.0 Å². The molecule has 1 heterocycles. The Labute approximate surface area is 218 Å². The van der Waals surface area contributed by atoms with Crippen LogP contribution in [0.1, 0.15) is 44.4 Å². The van der Waals surface area contributed by atoms with Crippen LogP contribution in [0.25, 0.3) is 0 Å². The lowest BCUT2D eigenvalue weighted by Crippen LogP contribution is -2.33. The number of alkyl halides is 5. The van der Waals surface area contributed by atoms with Gasteiger partial charge in [0.05, 0.1) is 29.6 Å². The van der Waals surface area contributed by atoms with Gasteiger partial charge in [-0.05, 0) is 48.5 Å². The molecule has 3 aromatic rings. The number of benzene rings is 3. The first-order valence-electron chi connectivity index (χ1n) is 11.2. The van der Waals surface area contributed by atoms with E-state index in [2.05, 4.69) is 5.32 Å². The van der Waals surface area contributed by atoms with E-state index < -0.39 is 54.1 Å². The van der Waals surface area contributed by atoms with E-state index >= 15 is 0 Å². The molecular formula is C26H20ClF5N2O4. The first-order valence-corrected chi connectivity index (χ1v) is 11.5. The molecule has 2 amide bonds. The normalized spacial score (nSPS) is 16.8. The number of carbonyl (C=O) groups excluding carboxylic acids is 2. The molecule has 1 unspecified atom stereocenters. The van der Waals surface area contributed by atoms with Crippen LogP contribution >= 0.6 is 11.6 Å². The van der Waals surface area contributed by atoms with E-state index in [4.69, 9.17) is 16.3 Å². The Morgan fingerprint density at radius 3 is 2.50 bits per heavy atom. The van der Waals surface area contributed by atoms with Crippen molar-refractivity contribution in [3.05, 3.63) is 87.9 Å². The molecule has 0 aliphatic carbocycles. The summed E-state index contributed by atoms with van der Waals surface area (Å²) in [7, 11) is 1.23. The molecule has 0 fully saturated rings. The lowest BCUT2D eigenvalue weighted by atomic mass is 10.0. The number of fused-ring (bicyclic) bond motifs is 1. The first kappa shape index (κ1) is 27.3. The van der Waals surface area contributed by atoms with Gasteiger partial charge in [0.25, 0.3) is 17.7 Å². The predicted molar refractivity (Wildman–Crippen MR) is 130 cm³/mol. The highest BCUT2D eigenvalue weighted by Gasteiger charge is 2.44. The largest absolute Gasteiger partial charge is 0.495 e. The van der Waals surface area contributed by atoms with Crippen molar-refractivity contribution in [1.82, 2.24) is 0 Å². The number of hydrogen-bond donors (Lipinski definition) is 2. The monoisotopic (exact) mass is 554 g/mol. The molecule has 1 aliphatic heterocycles. The lowest BCUT2D eigenvalue weighted by molar-refractivity contribution is -0.137. The summed E-state index contributed by atoms with van der Waals surface area (Å²) in [5.41, 5.74) is -1.94. The predicted octanol–water partition coefficient (Wildman–Crippen LogP) is 6.34. The molecule has 3 aromatic carbocycles. The third-order valence-electron chi connectivity index (χ3n) is 6.06. The van der Waals surface area contributed by atoms with E-state index in [1.54, 1.807) is 0 Å². The summed E-state index contributed by atoms with van der Waals surface area (Å²) in [6.45, 7) is -0.424. The molecule has 1 aliphatic rings. The summed E-state index contributed by atoms with van der Waals surface area (Å²) in [6.07, 6.45) is -7.76. The van der Waals surface area contributed by atoms with Gasteiger partial charge >= 0.3 is 6.18 Å². The number of aliphatic hydroxyl groups excluding tert-OH is 1. The average molecular weight is 555 g/mol. The fourth-order valence-electron chi connectivity index (χ4n) is 4.15. The Hall–Kier alpha value is -3.70. The zero-order chi connectivity index (χ0) is 27.8. The van der Waals surface area contributed by atoms with Gasteiger partial charge in [0.2, 0.25) is 0 Å². The topological polar surface area (TPSA) is 78.9 Å². The number of rotatable bonds is 4. The van der Waals surface area contributed by atoms with E-state index in [0.717, 1.165) is 23.1 Å². The van der Waals surface area contributed by atoms with Gasteiger partial charge in [-0.3, -0.25) is 9.59 Å². The van der Waals surface area contributed by atoms with Crippen molar-refractivity contribution < 1.29 is 41.4 Å². The van der Waals surface area contributed by atoms with Crippen molar-refractivity contribution in [2.75, 3.05) is 23.9 Å². The van der Waals surface area contributed by atoms with E-state index in [1.165, 1.54) is 49.6 Å². The van der Waals surface area contributed by atoms with Gasteiger partial charge in [-0.15, -0.1) is 0 Å². The molecule has 0 radical (unpaired) electrons. The number of methoxy groups -OCH3 is 1. The van der Waals surface area contributed by atoms with Gasteiger partial charge in [0.1, 0.15) is 11.9 Å². The number of aliphatic hydroxyl groups is 1. The number of anilines is 2. The maximum atomic E-state index is 14.5. The molecule has 12 heteroatoms. The van der Waals surface area contributed by atoms with Gasteiger partial charge in [0.15, 0.2) is 0 Å². The number of amides is 2. The van der Waals surface area contributed by atoms with E-state index in [0.29, 0.717) is 0 Å². The quantitative estimate of drug-likeness (QED) is 0.369. The minimum atomic E-state index is -4.76. The Bertz CT molecular complexity index is 1400. The highest BCUT2D eigenvalue weighted by molar-refractivity contribution is 6.30. The summed E-state index contributed by atoms with van der Waals surface area (Å²) < 4.78 is 74.2. The standard InChI is InChI=1S/C26H20ClF5N2O4/c1-38-21-12-14(6-8-19(21)33-23(36)16-4-2-3-5-18(16)26(30,31)32)24(37)34-11-10-25(28,29)22(35)17-13-15(27)7-9-20(17)34/h2-9,12-13,22,35H,10-11H2,1H3,(H,33,36). The summed E-state index contributed by atoms with van der Waals surface area (Å²) in [5.74, 6) is -5.33. The van der Waals surface area contributed by atoms with Crippen LogP contribution in [0, 0.1) is 0 Å². The highest BCUT2D eigenvalue weighted by atomic mass is 35.5. The lowest BCUT2D eigenvalue weighted by Gasteiger charge is -2.24. The molecule has 2 N–H and O–H groups in total. The molecule has 0 spiro atoms. The van der Waals surface area contributed by atoms with Crippen molar-refractivity contribution in [1.29, 1.82) is 0 Å². The summed E-state index contributed by atoms with van der Waals surface area (Å²) in [4.78, 5) is 27.1. The van der Waals surface area contributed by atoms with Crippen molar-refractivity contribution in [3.63, 3.8) is 0 Å². The fraction of sp³-hybridized carbons (Fsp3) is 0.231. The minimum Gasteiger partial charge on any atom is -0.495 e. The van der Waals surface area contributed by atoms with Gasteiger partial charge in [0, 0.05) is 29.1 Å². The summed E-state index contributed by atoms with van der Waals surface area (Å²) in [6, 6.07) is 11.9. The van der Waals surface area contributed by atoms with Crippen LogP contribution in [0.15, 0.2) is 60.7 Å². The van der Waals surface area contributed by atoms with Crippen LogP contribution in [0.5, 0.6) is 5.75 Å². The van der Waals surface area contributed by atoms with Gasteiger partial charge in [-0.2, -0.15) is 13.2 Å². The Morgan fingerprint density at radius 1 is 1.11 bits per heavy atom. The molecule has 4 rings (SSSR count). The number of ether oxygens (including phenoxy) is 1. The number of hydrogen-bond acceptors (Lipinski definition) is 4. The molecule has 38 heavy (non-hydrogen) atoms. The molecule has 0 bridgehead atoms.